The Morgan fingerprint density at radius 2 is 0.577 bits per heavy atom. The SMILES string of the molecule is CN(CC(=O)O)C(=O)CN(C)C(=O)CN(C)C(=O)CN(C)C(=O)CN(C)C(=O)CN(C)C(=O)CN(C)C(=O)CN(C)C(=O)CN(C)C(=O)CN(C)C(=O)CN(C)C(=O)CN(C)C(=O)CN(CCN=[N+]=[N-])C(=O)CNC(=O)CBr. The first-order valence-electron chi connectivity index (χ1n) is 23.4. The van der Waals surface area contributed by atoms with E-state index in [1.165, 1.54) is 84.6 Å². The summed E-state index contributed by atoms with van der Waals surface area (Å²) in [5, 5.41) is 14.5. The van der Waals surface area contributed by atoms with Crippen molar-refractivity contribution in [3.8, 4) is 0 Å². The van der Waals surface area contributed by atoms with Crippen LogP contribution in [-0.2, 0) is 71.9 Å². The van der Waals surface area contributed by atoms with Gasteiger partial charge < -0.3 is 74.1 Å². The van der Waals surface area contributed by atoms with Crippen LogP contribution in [0.2, 0.25) is 0 Å². The van der Waals surface area contributed by atoms with Crippen LogP contribution in [0.1, 0.15) is 0 Å². The highest BCUT2D eigenvalue weighted by atomic mass is 79.9. The van der Waals surface area contributed by atoms with Gasteiger partial charge in [0, 0.05) is 103 Å². The molecule has 0 saturated carbocycles. The largest absolute Gasteiger partial charge is 0.480 e. The van der Waals surface area contributed by atoms with E-state index in [0.29, 0.717) is 0 Å². The van der Waals surface area contributed by atoms with Gasteiger partial charge in [0.15, 0.2) is 0 Å². The molecule has 0 aliphatic carbocycles. The zero-order valence-electron chi connectivity index (χ0n) is 46.1. The Kier molecular flexibility index (Phi) is 30.9. The average molecular weight is 1180 g/mol. The lowest BCUT2D eigenvalue weighted by Gasteiger charge is -2.28. The maximum Gasteiger partial charge on any atom is 0.323 e. The first kappa shape index (κ1) is 69.8. The van der Waals surface area contributed by atoms with Gasteiger partial charge in [0.25, 0.3) is 0 Å². The summed E-state index contributed by atoms with van der Waals surface area (Å²) in [6.45, 7) is -7.31. The van der Waals surface area contributed by atoms with Gasteiger partial charge in [-0.05, 0) is 5.53 Å². The molecule has 0 heterocycles. The van der Waals surface area contributed by atoms with Crippen molar-refractivity contribution < 1.29 is 77.0 Å². The van der Waals surface area contributed by atoms with Crippen molar-refractivity contribution in [3.63, 3.8) is 0 Å². The molecular weight excluding hydrogens is 1100 g/mol. The maximum absolute atomic E-state index is 13.0. The molecule has 0 saturated heterocycles. The van der Waals surface area contributed by atoms with Crippen LogP contribution in [0, 0.1) is 0 Å². The number of halogens is 1. The summed E-state index contributed by atoms with van der Waals surface area (Å²) < 4.78 is 0. The Morgan fingerprint density at radius 1 is 0.372 bits per heavy atom. The molecule has 0 aromatic carbocycles. The zero-order chi connectivity index (χ0) is 60.3. The van der Waals surface area contributed by atoms with E-state index in [-0.39, 0.29) is 18.4 Å². The fourth-order valence-corrected chi connectivity index (χ4v) is 6.14. The molecule has 0 bridgehead atoms. The van der Waals surface area contributed by atoms with Crippen molar-refractivity contribution >= 4 is 105 Å². The number of rotatable bonds is 32. The quantitative estimate of drug-likeness (QED) is 0.0274. The number of hydrogen-bond acceptors (Lipinski definition) is 16. The number of carbonyl (C=O) groups excluding carboxylic acids is 14. The van der Waals surface area contributed by atoms with Crippen LogP contribution in [0.4, 0.5) is 0 Å². The van der Waals surface area contributed by atoms with Gasteiger partial charge in [-0.25, -0.2) is 0 Å². The number of amides is 14. The third-order valence-corrected chi connectivity index (χ3v) is 11.9. The highest BCUT2D eigenvalue weighted by Crippen LogP contribution is 2.03. The summed E-state index contributed by atoms with van der Waals surface area (Å²) in [4.78, 5) is 205. The monoisotopic (exact) mass is 1170 g/mol. The van der Waals surface area contributed by atoms with Gasteiger partial charge in [-0.3, -0.25) is 71.9 Å². The number of carboxylic acid groups (broad SMARTS) is 1. The topological polar surface area (TPSA) is 379 Å². The van der Waals surface area contributed by atoms with Gasteiger partial charge >= 0.3 is 5.97 Å². The number of carboxylic acids is 1. The lowest BCUT2D eigenvalue weighted by molar-refractivity contribution is -0.147. The number of nitrogens with one attached hydrogen (secondary N) is 1. The first-order valence-corrected chi connectivity index (χ1v) is 24.5. The van der Waals surface area contributed by atoms with E-state index in [0.717, 1.165) is 63.7 Å². The second-order valence-electron chi connectivity index (χ2n) is 18.1. The number of hydrogen-bond donors (Lipinski definition) is 2. The third-order valence-electron chi connectivity index (χ3n) is 11.3. The Hall–Kier alpha value is -8.16. The molecule has 0 unspecified atom stereocenters. The van der Waals surface area contributed by atoms with Crippen molar-refractivity contribution in [1.82, 2.24) is 69.0 Å². The smallest absolute Gasteiger partial charge is 0.323 e. The normalized spacial score (nSPS) is 10.3. The predicted molar refractivity (Wildman–Crippen MR) is 277 cm³/mol. The Balaban J connectivity index is 5.05. The van der Waals surface area contributed by atoms with Crippen molar-refractivity contribution in [3.05, 3.63) is 10.4 Å². The van der Waals surface area contributed by atoms with Crippen LogP contribution in [-0.4, -0.2) is 352 Å². The van der Waals surface area contributed by atoms with Crippen LogP contribution in [0.5, 0.6) is 0 Å². The highest BCUT2D eigenvalue weighted by molar-refractivity contribution is 9.09. The molecule has 0 fully saturated rings. The van der Waals surface area contributed by atoms with E-state index in [4.69, 9.17) is 10.6 Å². The second-order valence-corrected chi connectivity index (χ2v) is 18.6. The molecule has 0 radical (unpaired) electrons. The van der Waals surface area contributed by atoms with Gasteiger partial charge in [0.2, 0.25) is 82.7 Å². The fraction of sp³-hybridized carbons (Fsp3) is 0.659. The van der Waals surface area contributed by atoms with Crippen molar-refractivity contribution in [1.29, 1.82) is 0 Å². The first-order chi connectivity index (χ1) is 36.2. The number of aliphatic carboxylic acids is 1. The summed E-state index contributed by atoms with van der Waals surface area (Å²) in [6, 6.07) is 0. The molecule has 33 nitrogen and oxygen atoms in total. The average Bonchev–Trinajstić information content (AvgIpc) is 3.36. The number of azide groups is 1. The number of nitrogens with zero attached hydrogens (tertiary/aromatic N) is 16. The molecule has 0 spiro atoms. The van der Waals surface area contributed by atoms with Gasteiger partial charge in [-0.1, -0.05) is 21.0 Å². The Morgan fingerprint density at radius 3 is 0.769 bits per heavy atom. The lowest BCUT2D eigenvalue weighted by atomic mass is 10.3. The highest BCUT2D eigenvalue weighted by Gasteiger charge is 2.28. The Labute approximate surface area is 459 Å². The number of carbonyl (C=O) groups is 15. The predicted octanol–water partition coefficient (Wildman–Crippen LogP) is -6.78. The summed E-state index contributed by atoms with van der Waals surface area (Å²) in [5.41, 5.74) is 8.59. The van der Waals surface area contributed by atoms with Crippen molar-refractivity contribution in [2.75, 3.05) is 195 Å². The molecule has 78 heavy (non-hydrogen) atoms. The molecule has 0 aromatic rings. The summed E-state index contributed by atoms with van der Waals surface area (Å²) in [7, 11) is 15.4. The minimum atomic E-state index is -1.24. The van der Waals surface area contributed by atoms with Crippen LogP contribution < -0.4 is 5.32 Å². The van der Waals surface area contributed by atoms with E-state index in [1.54, 1.807) is 0 Å². The fourth-order valence-electron chi connectivity index (χ4n) is 5.94. The molecule has 0 rings (SSSR count). The van der Waals surface area contributed by atoms with E-state index in [1.807, 2.05) is 0 Å². The number of alkyl halides is 1. The molecular formula is C44H72BrN17O16. The number of likely N-dealkylation sites (N-methyl/N-ethyl adjacent to an activating group) is 12. The zero-order valence-corrected chi connectivity index (χ0v) is 47.7. The molecule has 0 atom stereocenters. The lowest BCUT2D eigenvalue weighted by Crippen LogP contribution is -2.50. The molecule has 14 amide bonds. The standard InChI is InChI=1S/C44H72BrN17O16/c1-50(17-32(65)51(2)19-34(67)53(4)21-36(69)55(6)23-38(71)57(8)25-40(73)59(10)27-42(75)61(12)29-44(77)78)33(66)18-52(3)35(68)20-54(5)37(70)22-56(7)39(72)24-58(9)41(74)26-60(11)43(76)28-62(14-13-48-49-46)31(64)16-47-30(63)15-45/h13-29H2,1-12H3,(H,47,63)(H,77,78). The minimum absolute atomic E-state index is 0.0656. The van der Waals surface area contributed by atoms with E-state index >= 15 is 0 Å². The van der Waals surface area contributed by atoms with Crippen LogP contribution >= 0.6 is 15.9 Å². The molecule has 436 valence electrons. The Bertz CT molecular complexity index is 2300. The van der Waals surface area contributed by atoms with Crippen LogP contribution in [0.25, 0.3) is 10.4 Å². The summed E-state index contributed by atoms with van der Waals surface area (Å²) in [5.74, 6) is -10.4. The van der Waals surface area contributed by atoms with Gasteiger partial charge in [-0.2, -0.15) is 0 Å². The van der Waals surface area contributed by atoms with Crippen molar-refractivity contribution in [2.24, 2.45) is 5.11 Å². The van der Waals surface area contributed by atoms with Crippen LogP contribution in [0.3, 0.4) is 0 Å². The summed E-state index contributed by atoms with van der Waals surface area (Å²) >= 11 is 2.95. The van der Waals surface area contributed by atoms with E-state index in [2.05, 4.69) is 31.3 Å². The van der Waals surface area contributed by atoms with Crippen LogP contribution in [0.15, 0.2) is 5.11 Å². The summed E-state index contributed by atoms with van der Waals surface area (Å²) in [6.07, 6.45) is 0. The van der Waals surface area contributed by atoms with Gasteiger partial charge in [-0.15, -0.1) is 0 Å². The van der Waals surface area contributed by atoms with Gasteiger partial charge in [0.05, 0.1) is 90.4 Å². The molecule has 0 aliphatic rings. The van der Waals surface area contributed by atoms with Gasteiger partial charge in [0.1, 0.15) is 6.54 Å². The third kappa shape index (κ3) is 26.1. The maximum atomic E-state index is 13.0. The van der Waals surface area contributed by atoms with E-state index < -0.39 is 180 Å². The molecule has 0 aliphatic heterocycles. The minimum Gasteiger partial charge on any atom is -0.480 e. The molecule has 34 heteroatoms. The second kappa shape index (κ2) is 34.5. The van der Waals surface area contributed by atoms with Crippen molar-refractivity contribution in [2.45, 2.75) is 0 Å². The molecule has 2 N–H and O–H groups in total. The van der Waals surface area contributed by atoms with E-state index in [9.17, 15) is 71.9 Å². The molecule has 0 aromatic heterocycles.